The maximum Gasteiger partial charge on any atom is 0.334 e. The molecule has 0 aromatic rings. The summed E-state index contributed by atoms with van der Waals surface area (Å²) in [6.07, 6.45) is 1.94. The highest BCUT2D eigenvalue weighted by atomic mass is 28.4. The second-order valence-electron chi connectivity index (χ2n) is 6.43. The highest BCUT2D eigenvalue weighted by Crippen LogP contribution is 2.16. The van der Waals surface area contributed by atoms with Crippen LogP contribution < -0.4 is 0 Å². The van der Waals surface area contributed by atoms with Gasteiger partial charge in [-0.3, -0.25) is 0 Å². The monoisotopic (exact) mass is 470 g/mol. The molecule has 0 radical (unpaired) electrons. The molecule has 0 saturated heterocycles. The Kier molecular flexibility index (Phi) is 28.2. The first-order valence-corrected chi connectivity index (χ1v) is 15.8. The van der Waals surface area contributed by atoms with Gasteiger partial charge in [0.15, 0.2) is 0 Å². The minimum absolute atomic E-state index is 0.632. The molecule has 8 nitrogen and oxygen atoms in total. The summed E-state index contributed by atoms with van der Waals surface area (Å²) in [6.45, 7) is 21.9. The van der Waals surface area contributed by atoms with Crippen molar-refractivity contribution in [2.75, 3.05) is 52.9 Å². The lowest BCUT2D eigenvalue weighted by Crippen LogP contribution is -2.39. The Balaban J connectivity index is -0.00000171. The van der Waals surface area contributed by atoms with Gasteiger partial charge < -0.3 is 36.8 Å². The van der Waals surface area contributed by atoms with E-state index < -0.39 is 17.1 Å². The third-order valence-electron chi connectivity index (χ3n) is 4.01. The molecule has 0 heterocycles. The van der Waals surface area contributed by atoms with E-state index in [1.54, 1.807) is 0 Å². The molecule has 0 rings (SSSR count). The van der Waals surface area contributed by atoms with Gasteiger partial charge in [0.2, 0.25) is 0 Å². The van der Waals surface area contributed by atoms with E-state index in [9.17, 15) is 0 Å². The smallest absolute Gasteiger partial charge is 0.334 e. The minimum atomic E-state index is -2.00. The Morgan fingerprint density at radius 3 is 1.03 bits per heavy atom. The number of hydrogen-bond donors (Lipinski definition) is 0. The molecule has 0 amide bonds. The van der Waals surface area contributed by atoms with Crippen LogP contribution in [-0.4, -0.2) is 83.6 Å². The van der Waals surface area contributed by atoms with E-state index in [1.807, 2.05) is 41.3 Å². The van der Waals surface area contributed by atoms with Crippen molar-refractivity contribution in [3.05, 3.63) is 0 Å². The van der Waals surface area contributed by atoms with Gasteiger partial charge in [-0.1, -0.05) is 0 Å². The fourth-order valence-electron chi connectivity index (χ4n) is 2.91. The summed E-state index contributed by atoms with van der Waals surface area (Å²) in [4.78, 5) is 16.0. The van der Waals surface area contributed by atoms with Crippen LogP contribution in [0.4, 0.5) is 0 Å². The van der Waals surface area contributed by atoms with Gasteiger partial charge in [0.1, 0.15) is 13.6 Å². The number of carbonyl (C=O) groups is 2. The van der Waals surface area contributed by atoms with Crippen molar-refractivity contribution in [2.24, 2.45) is 0 Å². The van der Waals surface area contributed by atoms with Crippen LogP contribution in [0.15, 0.2) is 0 Å². The van der Waals surface area contributed by atoms with Gasteiger partial charge in [-0.25, -0.2) is 0 Å². The number of ether oxygens (including phenoxy) is 2. The van der Waals surface area contributed by atoms with Crippen molar-refractivity contribution in [3.63, 3.8) is 0 Å². The Labute approximate surface area is 186 Å². The Morgan fingerprint density at radius 1 is 0.533 bits per heavy atom. The third kappa shape index (κ3) is 20.8. The summed E-state index contributed by atoms with van der Waals surface area (Å²) < 4.78 is 34.6. The highest BCUT2D eigenvalue weighted by Gasteiger charge is 2.30. The van der Waals surface area contributed by atoms with E-state index in [2.05, 4.69) is 13.1 Å². The second-order valence-corrected chi connectivity index (χ2v) is 13.1. The SMILES string of the molecule is C=O.C=O.CCO[Si](C)(CCCOCCOCCC[Si](C)(OCC)OCC)OCC. The third-order valence-corrected chi connectivity index (χ3v) is 10.1. The molecule has 0 aliphatic rings. The predicted octanol–water partition coefficient (Wildman–Crippen LogP) is 3.72. The van der Waals surface area contributed by atoms with Crippen molar-refractivity contribution in [3.8, 4) is 0 Å². The molecular weight excluding hydrogens is 424 g/mol. The molecule has 0 bridgehead atoms. The summed E-state index contributed by atoms with van der Waals surface area (Å²) in [5.74, 6) is 0. The molecule has 0 aliphatic heterocycles. The first-order valence-electron chi connectivity index (χ1n) is 10.7. The van der Waals surface area contributed by atoms with Crippen molar-refractivity contribution < 1.29 is 36.8 Å². The van der Waals surface area contributed by atoms with Crippen molar-refractivity contribution >= 4 is 30.7 Å². The molecule has 0 saturated carbocycles. The topological polar surface area (TPSA) is 89.5 Å². The number of rotatable bonds is 19. The van der Waals surface area contributed by atoms with E-state index >= 15 is 0 Å². The normalized spacial score (nSPS) is 11.3. The lowest BCUT2D eigenvalue weighted by atomic mass is 10.5. The molecule has 0 aromatic heterocycles. The quantitative estimate of drug-likeness (QED) is 0.208. The van der Waals surface area contributed by atoms with E-state index in [4.69, 9.17) is 36.8 Å². The second kappa shape index (κ2) is 24.8. The summed E-state index contributed by atoms with van der Waals surface area (Å²) in [6, 6.07) is 1.93. The molecule has 0 N–H and O–H groups in total. The van der Waals surface area contributed by atoms with Gasteiger partial charge in [0.05, 0.1) is 13.2 Å². The van der Waals surface area contributed by atoms with E-state index in [1.165, 1.54) is 0 Å². The maximum atomic E-state index is 8.00. The standard InChI is InChI=1S/C18H42O6Si2.2CH2O/c1-7-21-25(5,22-8-2)17-11-13-19-15-16-20-14-12-18-26(6,23-9-3)24-10-4;2*1-2/h7-18H2,1-6H3;2*1H2. The van der Waals surface area contributed by atoms with Crippen LogP contribution in [-0.2, 0) is 36.8 Å². The first kappa shape index (κ1) is 34.2. The molecule has 30 heavy (non-hydrogen) atoms. The number of carbonyl (C=O) groups excluding carboxylic acids is 2. The Morgan fingerprint density at radius 2 is 0.800 bits per heavy atom. The molecule has 0 aliphatic carbocycles. The number of hydrogen-bond acceptors (Lipinski definition) is 8. The summed E-state index contributed by atoms with van der Waals surface area (Å²) in [5.41, 5.74) is 0. The average molecular weight is 471 g/mol. The lowest BCUT2D eigenvalue weighted by Gasteiger charge is -2.26. The van der Waals surface area contributed by atoms with Crippen LogP contribution in [0.2, 0.25) is 25.2 Å². The Bertz CT molecular complexity index is 307. The minimum Gasteiger partial charge on any atom is -0.395 e. The van der Waals surface area contributed by atoms with Crippen LogP contribution in [0.3, 0.4) is 0 Å². The summed E-state index contributed by atoms with van der Waals surface area (Å²) in [5, 5.41) is 0. The van der Waals surface area contributed by atoms with Gasteiger partial charge in [-0.15, -0.1) is 0 Å². The summed E-state index contributed by atoms with van der Waals surface area (Å²) in [7, 11) is -4.00. The van der Waals surface area contributed by atoms with Gasteiger partial charge in [0.25, 0.3) is 0 Å². The van der Waals surface area contributed by atoms with Gasteiger partial charge >= 0.3 is 17.1 Å². The largest absolute Gasteiger partial charge is 0.395 e. The first-order chi connectivity index (χ1) is 14.4. The highest BCUT2D eigenvalue weighted by molar-refractivity contribution is 6.66. The van der Waals surface area contributed by atoms with Crippen molar-refractivity contribution in [1.82, 2.24) is 0 Å². The molecule has 0 spiro atoms. The van der Waals surface area contributed by atoms with Gasteiger partial charge in [0, 0.05) is 39.6 Å². The fraction of sp³-hybridized carbons (Fsp3) is 0.900. The van der Waals surface area contributed by atoms with Crippen molar-refractivity contribution in [1.29, 1.82) is 0 Å². The molecule has 0 aromatic carbocycles. The van der Waals surface area contributed by atoms with Crippen LogP contribution in [0.25, 0.3) is 0 Å². The zero-order valence-electron chi connectivity index (χ0n) is 20.2. The molecule has 0 fully saturated rings. The molecule has 10 heteroatoms. The van der Waals surface area contributed by atoms with E-state index in [0.717, 1.165) is 38.1 Å². The maximum absolute atomic E-state index is 8.00. The van der Waals surface area contributed by atoms with Crippen LogP contribution in [0.5, 0.6) is 0 Å². The fourth-order valence-corrected chi connectivity index (χ4v) is 7.67. The van der Waals surface area contributed by atoms with Crippen LogP contribution >= 0.6 is 0 Å². The summed E-state index contributed by atoms with van der Waals surface area (Å²) >= 11 is 0. The molecule has 0 atom stereocenters. The molecule has 182 valence electrons. The predicted molar refractivity (Wildman–Crippen MR) is 124 cm³/mol. The zero-order chi connectivity index (χ0) is 23.7. The Hall–Kier alpha value is -0.466. The van der Waals surface area contributed by atoms with E-state index in [-0.39, 0.29) is 0 Å². The zero-order valence-corrected chi connectivity index (χ0v) is 22.2. The van der Waals surface area contributed by atoms with E-state index in [0.29, 0.717) is 39.6 Å². The molecule has 0 unspecified atom stereocenters. The van der Waals surface area contributed by atoms with Crippen LogP contribution in [0, 0.1) is 0 Å². The molecular formula is C20H46O8Si2. The lowest BCUT2D eigenvalue weighted by molar-refractivity contribution is -0.0987. The average Bonchev–Trinajstić information content (AvgIpc) is 2.73. The van der Waals surface area contributed by atoms with Crippen molar-refractivity contribution in [2.45, 2.75) is 65.7 Å². The van der Waals surface area contributed by atoms with Gasteiger partial charge in [-0.05, 0) is 65.7 Å². The van der Waals surface area contributed by atoms with Crippen LogP contribution in [0.1, 0.15) is 40.5 Å². The van der Waals surface area contributed by atoms with Gasteiger partial charge in [-0.2, -0.15) is 0 Å².